The zero-order valence-corrected chi connectivity index (χ0v) is 31.9. The Hall–Kier alpha value is 1.14. The molecule has 0 aliphatic heterocycles. The molecule has 0 aromatic heterocycles. The van der Waals surface area contributed by atoms with E-state index in [4.69, 9.17) is 0 Å². The summed E-state index contributed by atoms with van der Waals surface area (Å²) in [6.07, 6.45) is 12.5. The molecule has 0 heterocycles. The van der Waals surface area contributed by atoms with Crippen molar-refractivity contribution in [1.82, 2.24) is 9.13 Å². The van der Waals surface area contributed by atoms with Crippen molar-refractivity contribution in [2.45, 2.75) is 119 Å². The quantitative estimate of drug-likeness (QED) is 0.308. The predicted octanol–water partition coefficient (Wildman–Crippen LogP) is 1.23. The van der Waals surface area contributed by atoms with Crippen molar-refractivity contribution >= 4 is 16.5 Å². The van der Waals surface area contributed by atoms with E-state index in [0.29, 0.717) is 24.2 Å². The fraction of sp³-hybridized carbons (Fsp3) is 0.692. The Bertz CT molecular complexity index is 701. The average Bonchev–Trinajstić information content (AvgIpc) is 3.22. The second kappa shape index (κ2) is 13.6. The van der Waals surface area contributed by atoms with Crippen LogP contribution >= 0.6 is 0 Å². The van der Waals surface area contributed by atoms with Crippen LogP contribution in [-0.2, 0) is 22.9 Å². The molecule has 0 atom stereocenters. The minimum Gasteiger partial charge on any atom is -1.00 e. The van der Waals surface area contributed by atoms with Gasteiger partial charge in [0.05, 0.1) is 0 Å². The SMILES string of the molecule is CC(C)N(C(C)C)[Si](C)(C)C1=[C]([Hf+2][C]2=C([Si](C)(C)N(C(C)C)C(C)C)C=CC2)CC=C1.[Br-].[Br-]. The first-order chi connectivity index (χ1) is 14.2. The van der Waals surface area contributed by atoms with Crippen LogP contribution in [0.5, 0.6) is 0 Å². The maximum absolute atomic E-state index is 2.85. The van der Waals surface area contributed by atoms with Crippen LogP contribution in [-0.4, -0.2) is 49.8 Å². The number of hydrogen-bond donors (Lipinski definition) is 0. The smallest absolute Gasteiger partial charge is 1.00 e. The first kappa shape index (κ1) is 34.1. The standard InChI is InChI=1S/2C13H24NSi.2BrH.Hf/c2*1-11(2)14(12(3)4)15(5,6)13-9-7-8-10-13;;;/h2*7,9,11-12H,8H2,1-6H3;2*1H;/q;;;;+2/p-2. The Morgan fingerprint density at radius 3 is 1.12 bits per heavy atom. The molecule has 33 heavy (non-hydrogen) atoms. The van der Waals surface area contributed by atoms with Gasteiger partial charge in [0.2, 0.25) is 0 Å². The van der Waals surface area contributed by atoms with Gasteiger partial charge in [0.25, 0.3) is 0 Å². The van der Waals surface area contributed by atoms with E-state index in [1.165, 1.54) is 12.8 Å². The summed E-state index contributed by atoms with van der Waals surface area (Å²) >= 11 is -1.03. The molecule has 0 unspecified atom stereocenters. The summed E-state index contributed by atoms with van der Waals surface area (Å²) in [4.78, 5) is 0. The number of hydrogen-bond acceptors (Lipinski definition) is 2. The van der Waals surface area contributed by atoms with Gasteiger partial charge < -0.3 is 34.0 Å². The largest absolute Gasteiger partial charge is 1.00 e. The molecule has 0 aromatic carbocycles. The molecule has 0 fully saturated rings. The van der Waals surface area contributed by atoms with Gasteiger partial charge in [0.15, 0.2) is 0 Å². The molecule has 2 aliphatic rings. The van der Waals surface area contributed by atoms with Crippen LogP contribution in [0.4, 0.5) is 0 Å². The van der Waals surface area contributed by atoms with E-state index < -0.39 is 39.4 Å². The molecule has 188 valence electrons. The van der Waals surface area contributed by atoms with Gasteiger partial charge in [-0.25, -0.2) is 0 Å². The topological polar surface area (TPSA) is 6.48 Å². The van der Waals surface area contributed by atoms with Gasteiger partial charge in [-0.3, -0.25) is 0 Å². The van der Waals surface area contributed by atoms with Crippen LogP contribution in [0.3, 0.4) is 0 Å². The molecule has 0 saturated carbocycles. The van der Waals surface area contributed by atoms with Crippen molar-refractivity contribution in [2.24, 2.45) is 0 Å². The van der Waals surface area contributed by atoms with Crippen LogP contribution < -0.4 is 34.0 Å². The number of nitrogens with zero attached hydrogens (tertiary/aromatic N) is 2. The molecule has 2 nitrogen and oxygen atoms in total. The third-order valence-electron chi connectivity index (χ3n) is 7.00. The summed E-state index contributed by atoms with van der Waals surface area (Å²) in [5.41, 5.74) is 0. The summed E-state index contributed by atoms with van der Waals surface area (Å²) < 4.78 is 9.48. The van der Waals surface area contributed by atoms with Crippen molar-refractivity contribution in [3.05, 3.63) is 41.4 Å². The fourth-order valence-electron chi connectivity index (χ4n) is 6.63. The summed E-state index contributed by atoms with van der Waals surface area (Å²) in [6.45, 7) is 29.5. The Labute approximate surface area is 240 Å². The second-order valence-corrected chi connectivity index (χ2v) is 25.0. The zero-order valence-electron chi connectivity index (χ0n) is 23.2. The van der Waals surface area contributed by atoms with Gasteiger partial charge in [-0.05, 0) is 0 Å². The molecule has 0 aromatic rings. The van der Waals surface area contributed by atoms with Crippen molar-refractivity contribution < 1.29 is 56.9 Å². The van der Waals surface area contributed by atoms with Crippen LogP contribution in [0.25, 0.3) is 0 Å². The molecule has 0 amide bonds. The maximum atomic E-state index is 2.85. The van der Waals surface area contributed by atoms with Crippen LogP contribution in [0.2, 0.25) is 26.2 Å². The van der Waals surface area contributed by atoms with Crippen LogP contribution in [0.1, 0.15) is 68.2 Å². The number of allylic oxidation sites excluding steroid dienone is 8. The Kier molecular flexibility index (Phi) is 14.1. The molecular formula is C26H48Br2HfN2Si2. The molecule has 0 radical (unpaired) electrons. The van der Waals surface area contributed by atoms with Crippen LogP contribution in [0, 0.1) is 0 Å². The first-order valence-electron chi connectivity index (χ1n) is 12.4. The third-order valence-corrected chi connectivity index (χ3v) is 22.6. The summed E-state index contributed by atoms with van der Waals surface area (Å²) in [5.74, 6) is 0. The second-order valence-electron chi connectivity index (χ2n) is 11.4. The Morgan fingerprint density at radius 2 is 0.879 bits per heavy atom. The van der Waals surface area contributed by atoms with E-state index in [0.717, 1.165) is 0 Å². The normalized spacial score (nSPS) is 16.8. The fourth-order valence-corrected chi connectivity index (χ4v) is 27.2. The van der Waals surface area contributed by atoms with E-state index in [1.807, 2.05) is 6.66 Å². The van der Waals surface area contributed by atoms with Crippen molar-refractivity contribution in [2.75, 3.05) is 0 Å². The monoisotopic (exact) mass is 782 g/mol. The predicted molar refractivity (Wildman–Crippen MR) is 141 cm³/mol. The zero-order chi connectivity index (χ0) is 23.7. The van der Waals surface area contributed by atoms with E-state index in [1.54, 1.807) is 10.4 Å². The Morgan fingerprint density at radius 1 is 0.606 bits per heavy atom. The molecule has 7 heteroatoms. The summed E-state index contributed by atoms with van der Waals surface area (Å²) in [5, 5.41) is 3.56. The molecule has 2 aliphatic carbocycles. The van der Waals surface area contributed by atoms with Crippen molar-refractivity contribution in [1.29, 1.82) is 0 Å². The Balaban J connectivity index is 0.00000512. The third kappa shape index (κ3) is 7.58. The molecule has 0 saturated heterocycles. The van der Waals surface area contributed by atoms with Gasteiger partial charge in [-0.2, -0.15) is 0 Å². The van der Waals surface area contributed by atoms with E-state index in [9.17, 15) is 0 Å². The number of rotatable bonds is 10. The maximum Gasteiger partial charge on any atom is -1.00 e. The molecule has 0 spiro atoms. The average molecular weight is 783 g/mol. The minimum atomic E-state index is -1.65. The van der Waals surface area contributed by atoms with Gasteiger partial charge in [-0.1, -0.05) is 0 Å². The van der Waals surface area contributed by atoms with Crippen molar-refractivity contribution in [3.63, 3.8) is 0 Å². The number of halogens is 2. The van der Waals surface area contributed by atoms with E-state index >= 15 is 0 Å². The molecule has 0 bridgehead atoms. The van der Waals surface area contributed by atoms with Crippen molar-refractivity contribution in [3.8, 4) is 0 Å². The molecule has 2 rings (SSSR count). The van der Waals surface area contributed by atoms with E-state index in [-0.39, 0.29) is 34.0 Å². The van der Waals surface area contributed by atoms with Gasteiger partial charge in [0.1, 0.15) is 0 Å². The minimum absolute atomic E-state index is 0. The first-order valence-corrected chi connectivity index (χ1v) is 21.9. The molecular weight excluding hydrogens is 735 g/mol. The van der Waals surface area contributed by atoms with E-state index in [2.05, 4.69) is 115 Å². The summed E-state index contributed by atoms with van der Waals surface area (Å²) in [6, 6.07) is 2.44. The van der Waals surface area contributed by atoms with Crippen LogP contribution in [0.15, 0.2) is 41.4 Å². The van der Waals surface area contributed by atoms with Gasteiger partial charge in [-0.15, -0.1) is 0 Å². The molecule has 0 N–H and O–H groups in total. The van der Waals surface area contributed by atoms with Gasteiger partial charge >= 0.3 is 208 Å². The van der Waals surface area contributed by atoms with Gasteiger partial charge in [0, 0.05) is 0 Å². The summed E-state index contributed by atoms with van der Waals surface area (Å²) in [7, 11) is -3.31.